The summed E-state index contributed by atoms with van der Waals surface area (Å²) < 4.78 is 9.87. The van der Waals surface area contributed by atoms with Gasteiger partial charge in [0, 0.05) is 33.9 Å². The summed E-state index contributed by atoms with van der Waals surface area (Å²) in [5, 5.41) is 34.3. The zero-order chi connectivity index (χ0) is 51.1. The zero-order valence-corrected chi connectivity index (χ0v) is 38.3. The Labute approximate surface area is 410 Å². The van der Waals surface area contributed by atoms with Gasteiger partial charge in [0.15, 0.2) is 5.69 Å². The number of nitrogens with two attached hydrogens (primary N) is 1. The van der Waals surface area contributed by atoms with Crippen molar-refractivity contribution in [1.82, 2.24) is 10.3 Å². The first-order chi connectivity index (χ1) is 34.7. The number of nitrogens with zero attached hydrogens (tertiary/aromatic N) is 3. The predicted molar refractivity (Wildman–Crippen MR) is 268 cm³/mol. The molecule has 0 atom stereocenters. The molecule has 0 unspecified atom stereocenters. The fourth-order valence-corrected chi connectivity index (χ4v) is 6.92. The van der Waals surface area contributed by atoms with Gasteiger partial charge in [-0.3, -0.25) is 49.5 Å². The number of para-hydroxylation sites is 4. The third-order valence-electron chi connectivity index (χ3n) is 10.6. The molecule has 0 spiro atoms. The highest BCUT2D eigenvalue weighted by atomic mass is 16.6. The maximum Gasteiger partial charge on any atom is 0.356 e. The van der Waals surface area contributed by atoms with Crippen LogP contribution in [0, 0.1) is 24.0 Å². The molecule has 72 heavy (non-hydrogen) atoms. The highest BCUT2D eigenvalue weighted by Crippen LogP contribution is 2.29. The minimum atomic E-state index is -1.24. The van der Waals surface area contributed by atoms with Crippen LogP contribution >= 0.6 is 0 Å². The van der Waals surface area contributed by atoms with Gasteiger partial charge in [-0.25, -0.2) is 0 Å². The van der Waals surface area contributed by atoms with E-state index in [1.54, 1.807) is 128 Å². The molecule has 362 valence electrons. The van der Waals surface area contributed by atoms with E-state index >= 15 is 0 Å². The van der Waals surface area contributed by atoms with Crippen molar-refractivity contribution in [1.29, 1.82) is 0 Å². The number of aryl methyl sites for hydroxylation is 2. The van der Waals surface area contributed by atoms with Gasteiger partial charge in [-0.15, -0.1) is 0 Å². The average Bonchev–Trinajstić information content (AvgIpc) is 3.91. The Balaban J connectivity index is 0.000000212. The standard InChI is InChI=1S/C26H21N5O6.C26H23N5O4/c1-16-22(31(35)36)26(37-30-16)29-23(32)18-14-12-17(13-15-18)21(24(33)27-19-8-4-2-5-9-19)25(34)28-20-10-6-3-7-11-20;1-16-22(27)26(35-31-16)30-23(32)18-14-12-17(13-15-18)21(24(33)28-19-8-4-2-5-9-19)25(34)29-20-10-6-3-7-11-20/h2-15,21H,1H3,(H,27,33)(H,28,34)(H,29,32);2-15,21H,27H2,1H3,(H,28,33)(H,29,34)(H,30,32). The number of hydrogen-bond donors (Lipinski definition) is 7. The monoisotopic (exact) mass is 968 g/mol. The number of aromatic nitrogens is 2. The molecule has 0 aliphatic heterocycles. The second kappa shape index (κ2) is 23.2. The minimum absolute atomic E-state index is 0.0207. The number of nitrogen functional groups attached to an aromatic ring is 1. The first-order valence-corrected chi connectivity index (χ1v) is 21.8. The molecule has 20 nitrogen and oxygen atoms in total. The van der Waals surface area contributed by atoms with E-state index in [1.165, 1.54) is 43.3 Å². The van der Waals surface area contributed by atoms with Gasteiger partial charge in [-0.1, -0.05) is 107 Å². The second-order valence-corrected chi connectivity index (χ2v) is 15.7. The Morgan fingerprint density at radius 2 is 0.764 bits per heavy atom. The lowest BCUT2D eigenvalue weighted by molar-refractivity contribution is -0.384. The van der Waals surface area contributed by atoms with Crippen molar-refractivity contribution < 1.29 is 42.7 Å². The number of amides is 6. The van der Waals surface area contributed by atoms with Crippen molar-refractivity contribution in [2.45, 2.75) is 25.7 Å². The number of anilines is 7. The van der Waals surface area contributed by atoms with Gasteiger partial charge < -0.3 is 36.0 Å². The van der Waals surface area contributed by atoms with Crippen molar-refractivity contribution in [2.75, 3.05) is 37.6 Å². The number of nitrogens with one attached hydrogen (secondary N) is 6. The van der Waals surface area contributed by atoms with Crippen LogP contribution in [0.3, 0.4) is 0 Å². The Kier molecular flexibility index (Phi) is 16.0. The van der Waals surface area contributed by atoms with E-state index in [0.717, 1.165) is 0 Å². The van der Waals surface area contributed by atoms with Crippen LogP contribution in [0.5, 0.6) is 0 Å². The van der Waals surface area contributed by atoms with E-state index in [9.17, 15) is 38.9 Å². The molecule has 8 aromatic rings. The summed E-state index contributed by atoms with van der Waals surface area (Å²) in [6.45, 7) is 3.04. The number of hydrogen-bond acceptors (Lipinski definition) is 13. The van der Waals surface area contributed by atoms with E-state index in [1.807, 2.05) is 12.1 Å². The van der Waals surface area contributed by atoms with Crippen LogP contribution in [0.25, 0.3) is 0 Å². The smallest absolute Gasteiger partial charge is 0.356 e. The topological polar surface area (TPSA) is 296 Å². The van der Waals surface area contributed by atoms with Crippen molar-refractivity contribution in [3.05, 3.63) is 214 Å². The summed E-state index contributed by atoms with van der Waals surface area (Å²) in [6, 6.07) is 47.0. The van der Waals surface area contributed by atoms with Gasteiger partial charge in [-0.05, 0) is 97.8 Å². The molecule has 0 saturated heterocycles. The van der Waals surface area contributed by atoms with Crippen molar-refractivity contribution in [2.24, 2.45) is 0 Å². The quantitative estimate of drug-likeness (QED) is 0.0288. The summed E-state index contributed by atoms with van der Waals surface area (Å²) in [7, 11) is 0. The van der Waals surface area contributed by atoms with Crippen LogP contribution < -0.4 is 37.6 Å². The predicted octanol–water partition coefficient (Wildman–Crippen LogP) is 8.68. The molecule has 0 bridgehead atoms. The van der Waals surface area contributed by atoms with Gasteiger partial charge in [0.2, 0.25) is 23.6 Å². The molecule has 8 rings (SSSR count). The third kappa shape index (κ3) is 12.6. The van der Waals surface area contributed by atoms with Gasteiger partial charge in [-0.2, -0.15) is 0 Å². The van der Waals surface area contributed by atoms with E-state index < -0.39 is 57.9 Å². The minimum Gasteiger partial charge on any atom is -0.393 e. The van der Waals surface area contributed by atoms with E-state index in [-0.39, 0.29) is 34.3 Å². The molecular formula is C52H44N10O10. The summed E-state index contributed by atoms with van der Waals surface area (Å²) in [5.41, 5.74) is 9.42. The first-order valence-electron chi connectivity index (χ1n) is 21.8. The maximum atomic E-state index is 13.2. The molecule has 6 amide bonds. The van der Waals surface area contributed by atoms with Crippen molar-refractivity contribution in [3.63, 3.8) is 0 Å². The van der Waals surface area contributed by atoms with Crippen LogP contribution in [-0.4, -0.2) is 50.7 Å². The molecule has 6 aromatic carbocycles. The summed E-state index contributed by atoms with van der Waals surface area (Å²) >= 11 is 0. The first kappa shape index (κ1) is 49.7. The molecule has 8 N–H and O–H groups in total. The fourth-order valence-electron chi connectivity index (χ4n) is 6.92. The molecular weight excluding hydrogens is 925 g/mol. The van der Waals surface area contributed by atoms with Gasteiger partial charge >= 0.3 is 11.6 Å². The lowest BCUT2D eigenvalue weighted by atomic mass is 9.95. The van der Waals surface area contributed by atoms with Crippen LogP contribution in [0.15, 0.2) is 179 Å². The summed E-state index contributed by atoms with van der Waals surface area (Å²) in [6.07, 6.45) is 0. The molecule has 0 radical (unpaired) electrons. The molecule has 0 saturated carbocycles. The summed E-state index contributed by atoms with van der Waals surface area (Å²) in [4.78, 5) is 88.4. The number of carbonyl (C=O) groups is 6. The number of nitro groups is 1. The van der Waals surface area contributed by atoms with Crippen LogP contribution in [0.4, 0.5) is 45.9 Å². The van der Waals surface area contributed by atoms with Crippen LogP contribution in [0.1, 0.15) is 55.1 Å². The normalized spacial score (nSPS) is 10.6. The number of carbonyl (C=O) groups excluding carboxylic acids is 6. The lowest BCUT2D eigenvalue weighted by Crippen LogP contribution is -2.32. The number of rotatable bonds is 15. The third-order valence-corrected chi connectivity index (χ3v) is 10.6. The Hall–Kier alpha value is -10.2. The largest absolute Gasteiger partial charge is 0.393 e. The highest BCUT2D eigenvalue weighted by molar-refractivity contribution is 6.16. The molecule has 0 aliphatic rings. The van der Waals surface area contributed by atoms with Crippen LogP contribution in [-0.2, 0) is 19.2 Å². The molecule has 2 heterocycles. The Morgan fingerprint density at radius 3 is 1.07 bits per heavy atom. The van der Waals surface area contributed by atoms with E-state index in [2.05, 4.69) is 42.2 Å². The van der Waals surface area contributed by atoms with Gasteiger partial charge in [0.1, 0.15) is 23.2 Å². The lowest BCUT2D eigenvalue weighted by Gasteiger charge is -2.18. The highest BCUT2D eigenvalue weighted by Gasteiger charge is 2.31. The maximum absolute atomic E-state index is 13.2. The Bertz CT molecular complexity index is 3100. The molecule has 0 fully saturated rings. The van der Waals surface area contributed by atoms with E-state index in [0.29, 0.717) is 39.6 Å². The SMILES string of the molecule is Cc1noc(NC(=O)c2ccc(C(C(=O)Nc3ccccc3)C(=O)Nc3ccccc3)cc2)c1N.Cc1noc(NC(=O)c2ccc(C(C(=O)Nc3ccccc3)C(=O)Nc3ccccc3)cc2)c1[N+](=O)[O-]. The van der Waals surface area contributed by atoms with E-state index in [4.69, 9.17) is 14.8 Å². The molecule has 2 aromatic heterocycles. The fraction of sp³-hybridized carbons (Fsp3) is 0.0769. The molecule has 0 aliphatic carbocycles. The Morgan fingerprint density at radius 1 is 0.458 bits per heavy atom. The van der Waals surface area contributed by atoms with Crippen molar-refractivity contribution >= 4 is 81.3 Å². The average molecular weight is 969 g/mol. The number of benzene rings is 6. The zero-order valence-electron chi connectivity index (χ0n) is 38.3. The van der Waals surface area contributed by atoms with Crippen LogP contribution in [0.2, 0.25) is 0 Å². The molecule has 20 heteroatoms. The van der Waals surface area contributed by atoms with Crippen molar-refractivity contribution in [3.8, 4) is 0 Å². The second-order valence-electron chi connectivity index (χ2n) is 15.7. The van der Waals surface area contributed by atoms with Gasteiger partial charge in [0.05, 0.1) is 4.92 Å². The summed E-state index contributed by atoms with van der Waals surface area (Å²) in [5.74, 6) is -6.05. The van der Waals surface area contributed by atoms with Gasteiger partial charge in [0.25, 0.3) is 17.7 Å².